The third-order valence-electron chi connectivity index (χ3n) is 3.29. The zero-order valence-electron chi connectivity index (χ0n) is 11.1. The first-order chi connectivity index (χ1) is 10.1. The molecule has 1 aliphatic heterocycles. The molecule has 0 bridgehead atoms. The summed E-state index contributed by atoms with van der Waals surface area (Å²) in [6, 6.07) is 15.8. The highest BCUT2D eigenvalue weighted by Gasteiger charge is 2.39. The summed E-state index contributed by atoms with van der Waals surface area (Å²) in [4.78, 5) is 12.3. The molecule has 2 aromatic rings. The van der Waals surface area contributed by atoms with Gasteiger partial charge in [-0.05, 0) is 17.7 Å². The Bertz CT molecular complexity index is 810. The molecule has 0 saturated carbocycles. The zero-order chi connectivity index (χ0) is 14.9. The van der Waals surface area contributed by atoms with E-state index in [1.807, 2.05) is 30.3 Å². The highest BCUT2D eigenvalue weighted by Crippen LogP contribution is 2.29. The molecule has 0 aliphatic carbocycles. The molecule has 3 rings (SSSR count). The van der Waals surface area contributed by atoms with Gasteiger partial charge in [0.05, 0.1) is 12.1 Å². The maximum atomic E-state index is 12.3. The summed E-state index contributed by atoms with van der Waals surface area (Å²) in [5.74, 6) is -0.469. The first-order valence-electron chi connectivity index (χ1n) is 6.48. The van der Waals surface area contributed by atoms with Gasteiger partial charge in [0.2, 0.25) is 0 Å². The molecule has 1 heterocycles. The molecule has 0 radical (unpaired) electrons. The van der Waals surface area contributed by atoms with E-state index >= 15 is 0 Å². The molecule has 0 spiro atoms. The lowest BCUT2D eigenvalue weighted by atomic mass is 10.2. The van der Waals surface area contributed by atoms with Crippen LogP contribution in [-0.2, 0) is 10.0 Å². The average Bonchev–Trinajstić information content (AvgIpc) is 2.70. The Morgan fingerprint density at radius 2 is 1.62 bits per heavy atom. The second kappa shape index (κ2) is 5.18. The summed E-state index contributed by atoms with van der Waals surface area (Å²) in [5.41, 5.74) is 1.20. The number of hydrogen-bond donors (Lipinski definition) is 0. The van der Waals surface area contributed by atoms with Gasteiger partial charge in [-0.2, -0.15) is 0 Å². The zero-order valence-corrected chi connectivity index (χ0v) is 12.0. The second-order valence-corrected chi connectivity index (χ2v) is 6.48. The van der Waals surface area contributed by atoms with Crippen LogP contribution in [0.1, 0.15) is 15.9 Å². The van der Waals surface area contributed by atoms with Gasteiger partial charge in [0.15, 0.2) is 0 Å². The van der Waals surface area contributed by atoms with Gasteiger partial charge in [-0.1, -0.05) is 54.6 Å². The molecule has 0 N–H and O–H groups in total. The second-order valence-electron chi connectivity index (χ2n) is 4.65. The van der Waals surface area contributed by atoms with E-state index in [-0.39, 0.29) is 17.0 Å². The Kier molecular flexibility index (Phi) is 3.35. The van der Waals surface area contributed by atoms with Crippen molar-refractivity contribution < 1.29 is 13.2 Å². The lowest BCUT2D eigenvalue weighted by molar-refractivity contribution is 0.0881. The molecule has 0 unspecified atom stereocenters. The number of carbonyl (C=O) groups is 1. The Hall–Kier alpha value is -2.40. The summed E-state index contributed by atoms with van der Waals surface area (Å²) in [7, 11) is -3.72. The highest BCUT2D eigenvalue weighted by molar-refractivity contribution is 7.90. The normalized spacial score (nSPS) is 16.4. The number of nitrogens with zero attached hydrogens (tertiary/aromatic N) is 1. The van der Waals surface area contributed by atoms with Crippen LogP contribution in [-0.4, -0.2) is 25.2 Å². The van der Waals surface area contributed by atoms with Crippen molar-refractivity contribution in [3.8, 4) is 0 Å². The Balaban J connectivity index is 1.85. The third-order valence-corrected chi connectivity index (χ3v) is 5.10. The maximum Gasteiger partial charge on any atom is 0.269 e. The van der Waals surface area contributed by atoms with Crippen molar-refractivity contribution in [1.29, 1.82) is 0 Å². The predicted molar refractivity (Wildman–Crippen MR) is 80.1 cm³/mol. The van der Waals surface area contributed by atoms with E-state index in [0.717, 1.165) is 9.87 Å². The van der Waals surface area contributed by atoms with E-state index in [0.29, 0.717) is 0 Å². The first-order valence-corrected chi connectivity index (χ1v) is 7.92. The van der Waals surface area contributed by atoms with Crippen LogP contribution in [0.15, 0.2) is 65.6 Å². The summed E-state index contributed by atoms with van der Waals surface area (Å²) >= 11 is 0. The van der Waals surface area contributed by atoms with E-state index in [1.165, 1.54) is 12.1 Å². The smallest absolute Gasteiger partial charge is 0.268 e. The monoisotopic (exact) mass is 299 g/mol. The molecule has 0 atom stereocenters. The van der Waals surface area contributed by atoms with Gasteiger partial charge < -0.3 is 0 Å². The third kappa shape index (κ3) is 2.36. The first kappa shape index (κ1) is 13.6. The molecule has 21 heavy (non-hydrogen) atoms. The van der Waals surface area contributed by atoms with Gasteiger partial charge in [0.25, 0.3) is 15.9 Å². The van der Waals surface area contributed by atoms with Gasteiger partial charge in [0, 0.05) is 0 Å². The van der Waals surface area contributed by atoms with E-state index in [4.69, 9.17) is 0 Å². The van der Waals surface area contributed by atoms with Crippen LogP contribution in [0.5, 0.6) is 0 Å². The maximum absolute atomic E-state index is 12.3. The van der Waals surface area contributed by atoms with Crippen molar-refractivity contribution in [3.63, 3.8) is 0 Å². The van der Waals surface area contributed by atoms with Crippen LogP contribution < -0.4 is 0 Å². The largest absolute Gasteiger partial charge is 0.269 e. The molecule has 0 fully saturated rings. The SMILES string of the molecule is O=C1c2ccccc2S(=O)(=O)N1C/C=C/c1ccccc1. The van der Waals surface area contributed by atoms with Crippen molar-refractivity contribution in [2.75, 3.05) is 6.54 Å². The fourth-order valence-corrected chi connectivity index (χ4v) is 3.78. The molecule has 0 saturated heterocycles. The molecular weight excluding hydrogens is 286 g/mol. The number of benzene rings is 2. The number of hydrogen-bond acceptors (Lipinski definition) is 3. The van der Waals surface area contributed by atoms with Crippen LogP contribution in [0.2, 0.25) is 0 Å². The van der Waals surface area contributed by atoms with E-state index in [1.54, 1.807) is 24.3 Å². The summed E-state index contributed by atoms with van der Waals surface area (Å²) in [5, 5.41) is 0. The molecule has 1 aliphatic rings. The molecular formula is C16H13NO3S. The van der Waals surface area contributed by atoms with Gasteiger partial charge >= 0.3 is 0 Å². The van der Waals surface area contributed by atoms with Crippen LogP contribution in [0.3, 0.4) is 0 Å². The number of fused-ring (bicyclic) bond motifs is 1. The standard InChI is InChI=1S/C16H13NO3S/c18-16-14-10-4-5-11-15(14)21(19,20)17(16)12-6-9-13-7-2-1-3-8-13/h1-11H,12H2/b9-6+. The fraction of sp³-hybridized carbons (Fsp3) is 0.0625. The minimum absolute atomic E-state index is 0.0325. The van der Waals surface area contributed by atoms with E-state index in [2.05, 4.69) is 0 Å². The van der Waals surface area contributed by atoms with Crippen LogP contribution in [0.4, 0.5) is 0 Å². The molecule has 1 amide bonds. The molecule has 5 heteroatoms. The Labute approximate surface area is 123 Å². The topological polar surface area (TPSA) is 54.5 Å². The predicted octanol–water partition coefficient (Wildman–Crippen LogP) is 2.54. The quantitative estimate of drug-likeness (QED) is 0.875. The molecule has 0 aromatic heterocycles. The number of rotatable bonds is 3. The summed E-state index contributed by atoms with van der Waals surface area (Å²) in [6.45, 7) is 0.0325. The van der Waals surface area contributed by atoms with Crippen molar-refractivity contribution in [3.05, 3.63) is 71.8 Å². The van der Waals surface area contributed by atoms with Crippen molar-refractivity contribution in [2.24, 2.45) is 0 Å². The van der Waals surface area contributed by atoms with Gasteiger partial charge in [-0.25, -0.2) is 12.7 Å². The Morgan fingerprint density at radius 1 is 0.952 bits per heavy atom. The average molecular weight is 299 g/mol. The fourth-order valence-electron chi connectivity index (χ4n) is 2.26. The minimum atomic E-state index is -3.72. The molecule has 106 valence electrons. The van der Waals surface area contributed by atoms with Gasteiger partial charge in [0.1, 0.15) is 4.90 Å². The number of carbonyl (C=O) groups excluding carboxylic acids is 1. The van der Waals surface area contributed by atoms with Crippen LogP contribution in [0, 0.1) is 0 Å². The molecule has 4 nitrogen and oxygen atoms in total. The van der Waals surface area contributed by atoms with Crippen molar-refractivity contribution in [1.82, 2.24) is 4.31 Å². The van der Waals surface area contributed by atoms with Crippen molar-refractivity contribution in [2.45, 2.75) is 4.90 Å². The van der Waals surface area contributed by atoms with Crippen LogP contribution >= 0.6 is 0 Å². The molecule has 2 aromatic carbocycles. The number of sulfonamides is 1. The van der Waals surface area contributed by atoms with Gasteiger partial charge in [-0.15, -0.1) is 0 Å². The van der Waals surface area contributed by atoms with Gasteiger partial charge in [-0.3, -0.25) is 4.79 Å². The van der Waals surface area contributed by atoms with E-state index in [9.17, 15) is 13.2 Å². The minimum Gasteiger partial charge on any atom is -0.268 e. The van der Waals surface area contributed by atoms with Crippen molar-refractivity contribution >= 4 is 22.0 Å². The Morgan fingerprint density at radius 3 is 2.33 bits per heavy atom. The number of amides is 1. The van der Waals surface area contributed by atoms with Crippen LogP contribution in [0.25, 0.3) is 6.08 Å². The summed E-state index contributed by atoms with van der Waals surface area (Å²) in [6.07, 6.45) is 3.47. The lowest BCUT2D eigenvalue weighted by Gasteiger charge is -2.12. The summed E-state index contributed by atoms with van der Waals surface area (Å²) < 4.78 is 25.5. The highest BCUT2D eigenvalue weighted by atomic mass is 32.2. The van der Waals surface area contributed by atoms with E-state index < -0.39 is 15.9 Å². The lowest BCUT2D eigenvalue weighted by Crippen LogP contribution is -2.30.